The molecule has 5 heteroatoms. The van der Waals surface area contributed by atoms with Crippen molar-refractivity contribution in [2.45, 2.75) is 19.1 Å². The fraction of sp³-hybridized carbons (Fsp3) is 0.600. The molecule has 1 heterocycles. The van der Waals surface area contributed by atoms with Gasteiger partial charge >= 0.3 is 0 Å². The highest BCUT2D eigenvalue weighted by Gasteiger charge is 2.14. The smallest absolute Gasteiger partial charge is 0.122 e. The van der Waals surface area contributed by atoms with E-state index in [1.165, 1.54) is 0 Å². The molecule has 5 nitrogen and oxygen atoms in total. The number of aliphatic hydroxyl groups excluding tert-OH is 1. The Hall–Kier alpha value is -1.14. The maximum atomic E-state index is 9.87. The monoisotopic (exact) mass is 281 g/mol. The molecule has 0 spiro atoms. The van der Waals surface area contributed by atoms with Crippen LogP contribution in [0.15, 0.2) is 24.3 Å². The fourth-order valence-corrected chi connectivity index (χ4v) is 2.03. The van der Waals surface area contributed by atoms with Gasteiger partial charge in [-0.15, -0.1) is 0 Å². The molecule has 0 aromatic heterocycles. The zero-order valence-electron chi connectivity index (χ0n) is 11.9. The van der Waals surface area contributed by atoms with Crippen LogP contribution in [0.25, 0.3) is 0 Å². The van der Waals surface area contributed by atoms with Crippen LogP contribution in [0, 0.1) is 6.92 Å². The standard InChI is InChI=1S/C15H23NO4/c1-12-4-2-3-5-15(12)20-10-13(17)8-16-9-14-11-18-6-7-19-14/h2-5,13-14,16-17H,6-11H2,1H3. The molecule has 0 amide bonds. The fourth-order valence-electron chi connectivity index (χ4n) is 2.03. The summed E-state index contributed by atoms with van der Waals surface area (Å²) >= 11 is 0. The highest BCUT2D eigenvalue weighted by Crippen LogP contribution is 2.16. The molecule has 2 atom stereocenters. The second-order valence-corrected chi connectivity index (χ2v) is 4.96. The van der Waals surface area contributed by atoms with Gasteiger partial charge in [-0.2, -0.15) is 0 Å². The van der Waals surface area contributed by atoms with Gasteiger partial charge in [0.1, 0.15) is 18.5 Å². The Bertz CT molecular complexity index is 393. The third kappa shape index (κ3) is 5.09. The lowest BCUT2D eigenvalue weighted by Gasteiger charge is -2.23. The summed E-state index contributed by atoms with van der Waals surface area (Å²) in [6.07, 6.45) is -0.465. The number of para-hydroxylation sites is 1. The van der Waals surface area contributed by atoms with Gasteiger partial charge in [0.25, 0.3) is 0 Å². The first kappa shape index (κ1) is 15.3. The van der Waals surface area contributed by atoms with Crippen molar-refractivity contribution in [3.8, 4) is 5.75 Å². The summed E-state index contributed by atoms with van der Waals surface area (Å²) in [5.41, 5.74) is 1.07. The minimum Gasteiger partial charge on any atom is -0.491 e. The molecule has 0 saturated carbocycles. The van der Waals surface area contributed by atoms with E-state index in [0.717, 1.165) is 11.3 Å². The summed E-state index contributed by atoms with van der Waals surface area (Å²) in [6, 6.07) is 7.78. The van der Waals surface area contributed by atoms with Crippen LogP contribution in [0.2, 0.25) is 0 Å². The first-order valence-corrected chi connectivity index (χ1v) is 7.02. The first-order chi connectivity index (χ1) is 9.75. The summed E-state index contributed by atoms with van der Waals surface area (Å²) in [6.45, 7) is 5.35. The lowest BCUT2D eigenvalue weighted by atomic mass is 10.2. The molecule has 0 radical (unpaired) electrons. The molecule has 2 rings (SSSR count). The van der Waals surface area contributed by atoms with Gasteiger partial charge in [0, 0.05) is 13.1 Å². The van der Waals surface area contributed by atoms with Crippen LogP contribution >= 0.6 is 0 Å². The molecule has 1 aliphatic rings. The molecule has 0 bridgehead atoms. The van der Waals surface area contributed by atoms with Crippen LogP contribution in [0.3, 0.4) is 0 Å². The van der Waals surface area contributed by atoms with Crippen molar-refractivity contribution < 1.29 is 19.3 Å². The van der Waals surface area contributed by atoms with Gasteiger partial charge in [-0.1, -0.05) is 18.2 Å². The second-order valence-electron chi connectivity index (χ2n) is 4.96. The van der Waals surface area contributed by atoms with E-state index in [-0.39, 0.29) is 12.7 Å². The number of nitrogens with one attached hydrogen (secondary N) is 1. The van der Waals surface area contributed by atoms with E-state index < -0.39 is 6.10 Å². The molecule has 1 aliphatic heterocycles. The summed E-state index contributed by atoms with van der Waals surface area (Å²) in [5.74, 6) is 0.815. The molecule has 1 aromatic rings. The maximum absolute atomic E-state index is 9.87. The van der Waals surface area contributed by atoms with E-state index in [9.17, 15) is 5.11 Å². The zero-order chi connectivity index (χ0) is 14.2. The number of ether oxygens (including phenoxy) is 3. The van der Waals surface area contributed by atoms with Crippen LogP contribution in [0.1, 0.15) is 5.56 Å². The topological polar surface area (TPSA) is 60.0 Å². The highest BCUT2D eigenvalue weighted by atomic mass is 16.6. The van der Waals surface area contributed by atoms with E-state index in [1.54, 1.807) is 0 Å². The van der Waals surface area contributed by atoms with Crippen molar-refractivity contribution in [1.29, 1.82) is 0 Å². The Balaban J connectivity index is 1.60. The summed E-state index contributed by atoms with van der Waals surface area (Å²) in [7, 11) is 0. The highest BCUT2D eigenvalue weighted by molar-refractivity contribution is 5.31. The van der Waals surface area contributed by atoms with Crippen molar-refractivity contribution in [2.75, 3.05) is 39.5 Å². The number of hydrogen-bond acceptors (Lipinski definition) is 5. The molecular weight excluding hydrogens is 258 g/mol. The lowest BCUT2D eigenvalue weighted by molar-refractivity contribution is -0.0869. The van der Waals surface area contributed by atoms with E-state index in [2.05, 4.69) is 5.32 Å². The van der Waals surface area contributed by atoms with Gasteiger partial charge < -0.3 is 24.6 Å². The average Bonchev–Trinajstić information content (AvgIpc) is 2.47. The van der Waals surface area contributed by atoms with Gasteiger partial charge in [-0.3, -0.25) is 0 Å². The van der Waals surface area contributed by atoms with Gasteiger partial charge in [0.05, 0.1) is 25.9 Å². The predicted octanol–water partition coefficient (Wildman–Crippen LogP) is 0.740. The number of rotatable bonds is 7. The van der Waals surface area contributed by atoms with Crippen molar-refractivity contribution >= 4 is 0 Å². The first-order valence-electron chi connectivity index (χ1n) is 7.02. The molecule has 112 valence electrons. The van der Waals surface area contributed by atoms with E-state index >= 15 is 0 Å². The second kappa shape index (κ2) is 8.21. The number of aryl methyl sites for hydroxylation is 1. The van der Waals surface area contributed by atoms with Crippen molar-refractivity contribution in [3.63, 3.8) is 0 Å². The van der Waals surface area contributed by atoms with E-state index in [4.69, 9.17) is 14.2 Å². The minimum absolute atomic E-state index is 0.0771. The predicted molar refractivity (Wildman–Crippen MR) is 76.1 cm³/mol. The van der Waals surface area contributed by atoms with Crippen LogP contribution in [0.4, 0.5) is 0 Å². The molecule has 1 saturated heterocycles. The Kier molecular flexibility index (Phi) is 6.26. The molecule has 1 aromatic carbocycles. The number of aliphatic hydroxyl groups is 1. The normalized spacial score (nSPS) is 20.6. The SMILES string of the molecule is Cc1ccccc1OCC(O)CNCC1COCCO1. The third-order valence-electron chi connectivity index (χ3n) is 3.16. The quantitative estimate of drug-likeness (QED) is 0.772. The van der Waals surface area contributed by atoms with Gasteiger partial charge in [-0.25, -0.2) is 0 Å². The number of hydrogen-bond donors (Lipinski definition) is 2. The lowest BCUT2D eigenvalue weighted by Crippen LogP contribution is -2.41. The Labute approximate surface area is 119 Å². The van der Waals surface area contributed by atoms with Crippen LogP contribution in [0.5, 0.6) is 5.75 Å². The van der Waals surface area contributed by atoms with Crippen LogP contribution in [-0.4, -0.2) is 56.8 Å². The van der Waals surface area contributed by atoms with Crippen molar-refractivity contribution in [2.24, 2.45) is 0 Å². The Morgan fingerprint density at radius 2 is 2.25 bits per heavy atom. The largest absolute Gasteiger partial charge is 0.491 e. The molecule has 20 heavy (non-hydrogen) atoms. The van der Waals surface area contributed by atoms with Crippen LogP contribution < -0.4 is 10.1 Å². The summed E-state index contributed by atoms with van der Waals surface area (Å²) < 4.78 is 16.4. The van der Waals surface area contributed by atoms with E-state index in [1.807, 2.05) is 31.2 Å². The molecule has 0 aliphatic carbocycles. The molecule has 1 fully saturated rings. The van der Waals surface area contributed by atoms with Gasteiger partial charge in [0.2, 0.25) is 0 Å². The average molecular weight is 281 g/mol. The van der Waals surface area contributed by atoms with Gasteiger partial charge in [-0.05, 0) is 18.6 Å². The van der Waals surface area contributed by atoms with Crippen LogP contribution in [-0.2, 0) is 9.47 Å². The third-order valence-corrected chi connectivity index (χ3v) is 3.16. The molecular formula is C15H23NO4. The van der Waals surface area contributed by atoms with Crippen molar-refractivity contribution in [1.82, 2.24) is 5.32 Å². The molecule has 2 unspecified atom stereocenters. The number of benzene rings is 1. The summed E-state index contributed by atoms with van der Waals surface area (Å²) in [4.78, 5) is 0. The Morgan fingerprint density at radius 3 is 3.00 bits per heavy atom. The molecule has 2 N–H and O–H groups in total. The minimum atomic E-state index is -0.542. The van der Waals surface area contributed by atoms with E-state index in [0.29, 0.717) is 32.9 Å². The maximum Gasteiger partial charge on any atom is 0.122 e. The van der Waals surface area contributed by atoms with Gasteiger partial charge in [0.15, 0.2) is 0 Å². The summed E-state index contributed by atoms with van der Waals surface area (Å²) in [5, 5.41) is 13.0. The zero-order valence-corrected chi connectivity index (χ0v) is 11.9. The Morgan fingerprint density at radius 1 is 1.40 bits per heavy atom. The van der Waals surface area contributed by atoms with Crippen molar-refractivity contribution in [3.05, 3.63) is 29.8 Å².